The summed E-state index contributed by atoms with van der Waals surface area (Å²) in [7, 11) is 0. The number of rotatable bonds is 11. The highest BCUT2D eigenvalue weighted by atomic mass is 16.6. The number of ether oxygens (including phenoxy) is 1. The summed E-state index contributed by atoms with van der Waals surface area (Å²) in [5, 5.41) is 21.0. The van der Waals surface area contributed by atoms with E-state index in [9.17, 15) is 4.79 Å². The van der Waals surface area contributed by atoms with Gasteiger partial charge in [0.1, 0.15) is 5.60 Å². The van der Waals surface area contributed by atoms with Crippen LogP contribution in [0.1, 0.15) is 72.1 Å². The molecule has 1 saturated carbocycles. The lowest BCUT2D eigenvalue weighted by atomic mass is 9.92. The maximum Gasteiger partial charge on any atom is 0.410 e. The number of aromatic nitrogens is 6. The van der Waals surface area contributed by atoms with Gasteiger partial charge in [-0.2, -0.15) is 0 Å². The van der Waals surface area contributed by atoms with Crippen LogP contribution in [0.15, 0.2) is 164 Å². The number of benzene rings is 6. The number of nitrogens with zero attached hydrogens (tertiary/aromatic N) is 7. The van der Waals surface area contributed by atoms with Crippen molar-refractivity contribution in [3.63, 3.8) is 0 Å². The van der Waals surface area contributed by atoms with Crippen LogP contribution in [0.2, 0.25) is 0 Å². The summed E-state index contributed by atoms with van der Waals surface area (Å²) in [5.41, 5.74) is 11.7. The van der Waals surface area contributed by atoms with Crippen LogP contribution in [0.3, 0.4) is 0 Å². The Hall–Kier alpha value is -8.07. The van der Waals surface area contributed by atoms with Gasteiger partial charge >= 0.3 is 6.09 Å². The lowest BCUT2D eigenvalue weighted by Crippen LogP contribution is -2.42. The Morgan fingerprint density at radius 2 is 0.937 bits per heavy atom. The third-order valence-electron chi connectivity index (χ3n) is 15.0. The van der Waals surface area contributed by atoms with E-state index >= 15 is 0 Å². The topological polar surface area (TPSA) is 181 Å². The van der Waals surface area contributed by atoms with Crippen LogP contribution < -0.4 is 27.0 Å². The van der Waals surface area contributed by atoms with Gasteiger partial charge in [-0.25, -0.2) is 34.7 Å². The molecule has 5 heterocycles. The Morgan fingerprint density at radius 3 is 1.38 bits per heavy atom. The molecule has 12 rings (SSSR count). The highest BCUT2D eigenvalue weighted by Crippen LogP contribution is 2.28. The zero-order valence-electron chi connectivity index (χ0n) is 45.8. The molecule has 3 aliphatic rings. The van der Waals surface area contributed by atoms with E-state index in [-0.39, 0.29) is 6.09 Å². The molecule has 0 radical (unpaired) electrons. The van der Waals surface area contributed by atoms with Crippen LogP contribution in [0, 0.1) is 11.8 Å². The maximum atomic E-state index is 12.2. The average molecular weight is 1060 g/mol. The Bertz CT molecular complexity index is 3430. The number of piperidine rings is 2. The SMILES string of the molecule is CC(C)(C)OC(=O)N1CCC(CNc2nccc(-c3ccc4ccccc4c3)n2)CC1.N[C@H]1CC[C@H](Nc2nccc(-c3ccc4ccccc4c3)n2)CC1.c1ccc2cc(-c3ccnc(NCC4CCNCC4)n3)ccc2c1. The van der Waals surface area contributed by atoms with Gasteiger partial charge in [-0.3, -0.25) is 0 Å². The molecule has 2 saturated heterocycles. The van der Waals surface area contributed by atoms with Crippen molar-refractivity contribution in [3.05, 3.63) is 164 Å². The number of anilines is 3. The van der Waals surface area contributed by atoms with E-state index in [4.69, 9.17) is 25.4 Å². The van der Waals surface area contributed by atoms with Crippen molar-refractivity contribution >= 4 is 56.3 Å². The number of carbonyl (C=O) groups is 1. The molecule has 0 bridgehead atoms. The Labute approximate surface area is 464 Å². The van der Waals surface area contributed by atoms with Crippen molar-refractivity contribution in [2.75, 3.05) is 55.2 Å². The fraction of sp³-hybridized carbons (Fsp3) is 0.338. The monoisotopic (exact) mass is 1050 g/mol. The Kier molecular flexibility index (Phi) is 17.9. The summed E-state index contributed by atoms with van der Waals surface area (Å²) in [6.07, 6.45) is 13.9. The standard InChI is InChI=1S/C25H30N4O2.2C20H22N4/c1-25(2,3)31-24(30)29-14-11-18(12-15-29)17-27-23-26-13-10-22(28-23)21-9-8-19-6-4-5-7-20(19)16-21;1-2-4-17-13-18(6-5-16(17)3-1)19-9-12-22-20(24-19)23-14-15-7-10-21-11-8-15;21-17-7-9-18(10-8-17)23-20-22-12-11-19(24-20)16-6-5-14-3-1-2-4-15(14)13-16/h4-10,13,16,18H,11-12,14-15,17H2,1-3H3,(H,26,27,28);1-6,9,12-13,15,21H,7-8,10-11,14H2,(H,22,23,24);1-6,11-13,17-18H,7-10,21H2,(H,22,23,24)/t;;17-,18-. The minimum absolute atomic E-state index is 0.217. The van der Waals surface area contributed by atoms with Gasteiger partial charge in [0.15, 0.2) is 0 Å². The molecule has 14 nitrogen and oxygen atoms in total. The van der Waals surface area contributed by atoms with E-state index in [0.29, 0.717) is 35.8 Å². The van der Waals surface area contributed by atoms with Crippen LogP contribution >= 0.6 is 0 Å². The molecule has 0 unspecified atom stereocenters. The molecule has 6 aromatic carbocycles. The second kappa shape index (κ2) is 26.1. The molecular weight excluding hydrogens is 981 g/mol. The van der Waals surface area contributed by atoms with Gasteiger partial charge in [0.05, 0.1) is 17.1 Å². The van der Waals surface area contributed by atoms with E-state index < -0.39 is 5.60 Å². The van der Waals surface area contributed by atoms with Crippen molar-refractivity contribution < 1.29 is 9.53 Å². The van der Waals surface area contributed by atoms with E-state index in [1.165, 1.54) is 45.2 Å². The largest absolute Gasteiger partial charge is 0.444 e. The van der Waals surface area contributed by atoms with Crippen molar-refractivity contribution in [2.24, 2.45) is 17.6 Å². The van der Waals surface area contributed by atoms with Gasteiger partial charge < -0.3 is 36.6 Å². The maximum absolute atomic E-state index is 12.2. The Morgan fingerprint density at radius 1 is 0.532 bits per heavy atom. The van der Waals surface area contributed by atoms with Gasteiger partial charge in [0.25, 0.3) is 0 Å². The second-order valence-corrected chi connectivity index (χ2v) is 22.1. The smallest absolute Gasteiger partial charge is 0.410 e. The molecule has 3 fully saturated rings. The molecule has 1 aliphatic carbocycles. The van der Waals surface area contributed by atoms with Gasteiger partial charge in [-0.05, 0) is 166 Å². The van der Waals surface area contributed by atoms with E-state index in [2.05, 4.69) is 151 Å². The summed E-state index contributed by atoms with van der Waals surface area (Å²) in [6, 6.07) is 51.0. The zero-order chi connectivity index (χ0) is 54.4. The first kappa shape index (κ1) is 54.3. The molecule has 1 amide bonds. The molecule has 0 spiro atoms. The zero-order valence-corrected chi connectivity index (χ0v) is 45.8. The molecular formula is C65H74N12O2. The summed E-state index contributed by atoms with van der Waals surface area (Å²) >= 11 is 0. The van der Waals surface area contributed by atoms with Gasteiger partial charge in [-0.1, -0.05) is 109 Å². The van der Waals surface area contributed by atoms with E-state index in [1.807, 2.05) is 63.5 Å². The van der Waals surface area contributed by atoms with E-state index in [1.54, 1.807) is 11.1 Å². The van der Waals surface area contributed by atoms with Crippen LogP contribution in [-0.2, 0) is 4.74 Å². The van der Waals surface area contributed by atoms with Crippen molar-refractivity contribution in [1.29, 1.82) is 0 Å². The highest BCUT2D eigenvalue weighted by Gasteiger charge is 2.27. The Balaban J connectivity index is 0.000000135. The predicted molar refractivity (Wildman–Crippen MR) is 322 cm³/mol. The van der Waals surface area contributed by atoms with Gasteiger partial charge in [0, 0.05) is 73.5 Å². The molecule has 406 valence electrons. The summed E-state index contributed by atoms with van der Waals surface area (Å²) in [6.45, 7) is 11.1. The first-order valence-corrected chi connectivity index (χ1v) is 28.2. The number of carbonyl (C=O) groups excluding carboxylic acids is 1. The average Bonchev–Trinajstić information content (AvgIpc) is 3.50. The van der Waals surface area contributed by atoms with Crippen molar-refractivity contribution in [3.8, 4) is 33.8 Å². The first-order valence-electron chi connectivity index (χ1n) is 28.2. The molecule has 2 aliphatic heterocycles. The molecule has 3 aromatic heterocycles. The van der Waals surface area contributed by atoms with Crippen LogP contribution in [0.25, 0.3) is 66.1 Å². The van der Waals surface area contributed by atoms with Gasteiger partial charge in [-0.15, -0.1) is 0 Å². The number of nitrogens with one attached hydrogen (secondary N) is 4. The quantitative estimate of drug-likeness (QED) is 0.0826. The van der Waals surface area contributed by atoms with E-state index in [0.717, 1.165) is 118 Å². The number of hydrogen-bond acceptors (Lipinski definition) is 13. The number of fused-ring (bicyclic) bond motifs is 3. The third kappa shape index (κ3) is 15.4. The molecule has 14 heteroatoms. The number of hydrogen-bond donors (Lipinski definition) is 5. The lowest BCUT2D eigenvalue weighted by molar-refractivity contribution is 0.0188. The third-order valence-corrected chi connectivity index (χ3v) is 15.0. The minimum Gasteiger partial charge on any atom is -0.444 e. The van der Waals surface area contributed by atoms with Crippen LogP contribution in [-0.4, -0.2) is 97.9 Å². The van der Waals surface area contributed by atoms with Crippen LogP contribution in [0.5, 0.6) is 0 Å². The predicted octanol–water partition coefficient (Wildman–Crippen LogP) is 13.0. The normalized spacial score (nSPS) is 17.0. The fourth-order valence-corrected chi connectivity index (χ4v) is 10.5. The second-order valence-electron chi connectivity index (χ2n) is 22.1. The summed E-state index contributed by atoms with van der Waals surface area (Å²) in [4.78, 5) is 41.3. The summed E-state index contributed by atoms with van der Waals surface area (Å²) < 4.78 is 5.48. The molecule has 6 N–H and O–H groups in total. The number of likely N-dealkylation sites (tertiary alicyclic amines) is 1. The number of nitrogens with two attached hydrogens (primary N) is 1. The fourth-order valence-electron chi connectivity index (χ4n) is 10.5. The van der Waals surface area contributed by atoms with Crippen LogP contribution in [0.4, 0.5) is 22.6 Å². The minimum atomic E-state index is -0.455. The first-order chi connectivity index (χ1) is 38.5. The molecule has 0 atom stereocenters. The summed E-state index contributed by atoms with van der Waals surface area (Å²) in [5.74, 6) is 3.26. The highest BCUT2D eigenvalue weighted by molar-refractivity contribution is 5.88. The van der Waals surface area contributed by atoms with Crippen molar-refractivity contribution in [2.45, 2.75) is 89.8 Å². The molecule has 79 heavy (non-hydrogen) atoms. The lowest BCUT2D eigenvalue weighted by Gasteiger charge is -2.33. The number of amides is 1. The van der Waals surface area contributed by atoms with Gasteiger partial charge in [0.2, 0.25) is 17.8 Å². The molecule has 9 aromatic rings. The van der Waals surface area contributed by atoms with Crippen molar-refractivity contribution in [1.82, 2.24) is 40.1 Å².